The van der Waals surface area contributed by atoms with Gasteiger partial charge in [-0.25, -0.2) is 0 Å². The highest BCUT2D eigenvalue weighted by molar-refractivity contribution is 7.26. The zero-order valence-electron chi connectivity index (χ0n) is 38.0. The molecule has 0 radical (unpaired) electrons. The third-order valence-electron chi connectivity index (χ3n) is 14.1. The Morgan fingerprint density at radius 3 is 1.56 bits per heavy atom. The molecular formula is C66H42N2OS. The maximum absolute atomic E-state index is 6.52. The number of benzene rings is 11. The van der Waals surface area contributed by atoms with Gasteiger partial charge in [-0.05, 0) is 88.5 Å². The Morgan fingerprint density at radius 2 is 0.857 bits per heavy atom. The van der Waals surface area contributed by atoms with Crippen molar-refractivity contribution in [3.05, 3.63) is 255 Å². The minimum Gasteiger partial charge on any atom is -0.455 e. The molecule has 0 bridgehead atoms. The SMILES string of the molecule is c1ccc(-c2ccc(-c3ccc(N(c4ccc(-c5cccc6c5oc5ccccc56)cc4)c4ccc(-c5ccccc5-n5c6ccccc6c6ccccc65)c5sc6ccccc6c45)cc3)cc2)cc1. The van der Waals surface area contributed by atoms with Crippen LogP contribution in [0.2, 0.25) is 0 Å². The molecule has 0 aliphatic carbocycles. The molecule has 4 heteroatoms. The summed E-state index contributed by atoms with van der Waals surface area (Å²) in [6.45, 7) is 0. The molecule has 0 unspecified atom stereocenters. The normalized spacial score (nSPS) is 11.7. The van der Waals surface area contributed by atoms with Gasteiger partial charge in [-0.3, -0.25) is 0 Å². The van der Waals surface area contributed by atoms with Gasteiger partial charge in [0, 0.05) is 69.8 Å². The molecule has 3 heterocycles. The lowest BCUT2D eigenvalue weighted by Crippen LogP contribution is -2.10. The topological polar surface area (TPSA) is 21.3 Å². The fourth-order valence-electron chi connectivity index (χ4n) is 10.8. The lowest BCUT2D eigenvalue weighted by Gasteiger charge is -2.27. The number of para-hydroxylation sites is 5. The van der Waals surface area contributed by atoms with E-state index in [1.165, 1.54) is 75.4 Å². The minimum atomic E-state index is 0.900. The molecule has 3 nitrogen and oxygen atoms in total. The summed E-state index contributed by atoms with van der Waals surface area (Å²) in [5, 5.41) is 7.22. The molecule has 0 N–H and O–H groups in total. The summed E-state index contributed by atoms with van der Waals surface area (Å²) in [4.78, 5) is 2.44. The number of thiophene rings is 1. The summed E-state index contributed by atoms with van der Waals surface area (Å²) in [6.07, 6.45) is 0. The Labute approximate surface area is 409 Å². The molecule has 14 rings (SSSR count). The highest BCUT2D eigenvalue weighted by Gasteiger charge is 2.24. The van der Waals surface area contributed by atoms with Crippen LogP contribution in [0.3, 0.4) is 0 Å². The third-order valence-corrected chi connectivity index (χ3v) is 15.3. The first-order valence-electron chi connectivity index (χ1n) is 23.8. The van der Waals surface area contributed by atoms with E-state index in [0.29, 0.717) is 0 Å². The summed E-state index contributed by atoms with van der Waals surface area (Å²) < 4.78 is 11.5. The third kappa shape index (κ3) is 6.49. The number of fused-ring (bicyclic) bond motifs is 9. The molecule has 3 aromatic heterocycles. The van der Waals surface area contributed by atoms with Crippen LogP contribution in [0.1, 0.15) is 0 Å². The summed E-state index contributed by atoms with van der Waals surface area (Å²) in [5.41, 5.74) is 18.0. The Bertz CT molecular complexity index is 4220. The van der Waals surface area contributed by atoms with E-state index in [1.54, 1.807) is 0 Å². The standard InChI is InChI=1S/C66H42N2OS/c1-2-15-43(16-3-1)44-29-31-45(32-30-44)46-33-37-48(38-34-46)67(49-39-35-47(36-40-49)50-22-14-23-55-54-20-7-12-27-62(54)69-65(50)55)61-42-41-56(66-64(61)57-21-8-13-28-63(57)70-66)53-19-6-11-26-60(53)68-58-24-9-4-17-51(58)52-18-5-10-25-59(52)68/h1-42H. The zero-order chi connectivity index (χ0) is 46.1. The van der Waals surface area contributed by atoms with E-state index in [1.807, 2.05) is 23.5 Å². The molecule has 0 amide bonds. The van der Waals surface area contributed by atoms with Crippen molar-refractivity contribution in [1.29, 1.82) is 0 Å². The fourth-order valence-corrected chi connectivity index (χ4v) is 12.0. The van der Waals surface area contributed by atoms with Crippen LogP contribution in [0.25, 0.3) is 114 Å². The quantitative estimate of drug-likeness (QED) is 0.151. The maximum atomic E-state index is 6.52. The Morgan fingerprint density at radius 1 is 0.343 bits per heavy atom. The molecule has 70 heavy (non-hydrogen) atoms. The van der Waals surface area contributed by atoms with Gasteiger partial charge in [-0.1, -0.05) is 194 Å². The predicted molar refractivity (Wildman–Crippen MR) is 297 cm³/mol. The van der Waals surface area contributed by atoms with Crippen LogP contribution in [0, 0.1) is 0 Å². The van der Waals surface area contributed by atoms with E-state index >= 15 is 0 Å². The van der Waals surface area contributed by atoms with Crippen LogP contribution in [0.15, 0.2) is 259 Å². The molecule has 0 aliphatic heterocycles. The van der Waals surface area contributed by atoms with Gasteiger partial charge < -0.3 is 13.9 Å². The van der Waals surface area contributed by atoms with Crippen molar-refractivity contribution in [2.45, 2.75) is 0 Å². The molecule has 11 aromatic carbocycles. The van der Waals surface area contributed by atoms with Gasteiger partial charge in [0.1, 0.15) is 11.2 Å². The first kappa shape index (κ1) is 40.1. The summed E-state index contributed by atoms with van der Waals surface area (Å²) in [7, 11) is 0. The summed E-state index contributed by atoms with van der Waals surface area (Å²) >= 11 is 1.87. The van der Waals surface area contributed by atoms with Gasteiger partial charge in [-0.2, -0.15) is 0 Å². The second-order valence-corrected chi connectivity index (χ2v) is 19.0. The summed E-state index contributed by atoms with van der Waals surface area (Å²) in [6, 6.07) is 92.3. The van der Waals surface area contributed by atoms with Crippen molar-refractivity contribution in [2.75, 3.05) is 4.90 Å². The average molecular weight is 911 g/mol. The number of hydrogen-bond acceptors (Lipinski definition) is 3. The highest BCUT2D eigenvalue weighted by atomic mass is 32.1. The van der Waals surface area contributed by atoms with E-state index in [0.717, 1.165) is 55.8 Å². The maximum Gasteiger partial charge on any atom is 0.143 e. The van der Waals surface area contributed by atoms with Crippen molar-refractivity contribution in [3.63, 3.8) is 0 Å². The Hall–Kier alpha value is -8.96. The molecule has 328 valence electrons. The highest BCUT2D eigenvalue weighted by Crippen LogP contribution is 2.50. The first-order valence-corrected chi connectivity index (χ1v) is 24.6. The molecule has 0 saturated carbocycles. The lowest BCUT2D eigenvalue weighted by molar-refractivity contribution is 0.670. The van der Waals surface area contributed by atoms with Gasteiger partial charge in [-0.15, -0.1) is 11.3 Å². The van der Waals surface area contributed by atoms with Crippen molar-refractivity contribution in [3.8, 4) is 50.2 Å². The zero-order valence-corrected chi connectivity index (χ0v) is 38.8. The van der Waals surface area contributed by atoms with Gasteiger partial charge >= 0.3 is 0 Å². The number of rotatable bonds is 8. The van der Waals surface area contributed by atoms with E-state index in [9.17, 15) is 0 Å². The molecule has 0 atom stereocenters. The summed E-state index contributed by atoms with van der Waals surface area (Å²) in [5.74, 6) is 0. The van der Waals surface area contributed by atoms with Crippen LogP contribution in [-0.2, 0) is 0 Å². The van der Waals surface area contributed by atoms with Crippen molar-refractivity contribution >= 4 is 92.3 Å². The fraction of sp³-hybridized carbons (Fsp3) is 0. The van der Waals surface area contributed by atoms with E-state index in [-0.39, 0.29) is 0 Å². The van der Waals surface area contributed by atoms with Crippen LogP contribution in [0.4, 0.5) is 17.1 Å². The predicted octanol–water partition coefficient (Wildman–Crippen LogP) is 19.2. The van der Waals surface area contributed by atoms with Crippen LogP contribution in [0.5, 0.6) is 0 Å². The van der Waals surface area contributed by atoms with Gasteiger partial charge in [0.15, 0.2) is 0 Å². The van der Waals surface area contributed by atoms with E-state index < -0.39 is 0 Å². The van der Waals surface area contributed by atoms with E-state index in [4.69, 9.17) is 4.42 Å². The molecule has 0 aliphatic rings. The Balaban J connectivity index is 0.947. The van der Waals surface area contributed by atoms with Crippen molar-refractivity contribution in [2.24, 2.45) is 0 Å². The number of hydrogen-bond donors (Lipinski definition) is 0. The minimum absolute atomic E-state index is 0.900. The monoisotopic (exact) mass is 910 g/mol. The largest absolute Gasteiger partial charge is 0.455 e. The molecule has 0 fully saturated rings. The van der Waals surface area contributed by atoms with Crippen molar-refractivity contribution in [1.82, 2.24) is 4.57 Å². The van der Waals surface area contributed by atoms with Crippen LogP contribution in [-0.4, -0.2) is 4.57 Å². The Kier molecular flexibility index (Phi) is 9.39. The van der Waals surface area contributed by atoms with E-state index in [2.05, 4.69) is 252 Å². The van der Waals surface area contributed by atoms with Gasteiger partial charge in [0.25, 0.3) is 0 Å². The lowest BCUT2D eigenvalue weighted by atomic mass is 9.97. The van der Waals surface area contributed by atoms with Gasteiger partial charge in [0.2, 0.25) is 0 Å². The average Bonchev–Trinajstić information content (AvgIpc) is 4.12. The number of furan rings is 1. The van der Waals surface area contributed by atoms with Crippen molar-refractivity contribution < 1.29 is 4.42 Å². The number of aromatic nitrogens is 1. The number of nitrogens with zero attached hydrogens (tertiary/aromatic N) is 2. The molecule has 0 saturated heterocycles. The van der Waals surface area contributed by atoms with Crippen LogP contribution < -0.4 is 4.90 Å². The van der Waals surface area contributed by atoms with Crippen LogP contribution >= 0.6 is 11.3 Å². The molecule has 14 aromatic rings. The smallest absolute Gasteiger partial charge is 0.143 e. The molecule has 0 spiro atoms. The number of anilines is 3. The van der Waals surface area contributed by atoms with Gasteiger partial charge in [0.05, 0.1) is 22.4 Å². The second-order valence-electron chi connectivity index (χ2n) is 18.0. The molecular weight excluding hydrogens is 869 g/mol. The second kappa shape index (κ2) is 16.4. The first-order chi connectivity index (χ1) is 34.7.